The summed E-state index contributed by atoms with van der Waals surface area (Å²) in [6, 6.07) is -0.906. The summed E-state index contributed by atoms with van der Waals surface area (Å²) in [6.45, 7) is 4.52. The Morgan fingerprint density at radius 2 is 0.838 bits per heavy atom. The van der Waals surface area contributed by atoms with Crippen molar-refractivity contribution in [2.24, 2.45) is 0 Å². The molecule has 402 valence electrons. The number of unbranched alkanes of at least 4 members (excludes halogenated alkanes) is 37. The Hall–Kier alpha value is -1.28. The monoisotopic (exact) mass is 979 g/mol. The molecule has 0 radical (unpaired) electrons. The van der Waals surface area contributed by atoms with Crippen molar-refractivity contribution in [3.63, 3.8) is 0 Å². The second-order valence-electron chi connectivity index (χ2n) is 21.3. The Morgan fingerprint density at radius 3 is 1.18 bits per heavy atom. The summed E-state index contributed by atoms with van der Waals surface area (Å²) in [5.41, 5.74) is 0. The second kappa shape index (κ2) is 50.7. The maximum atomic E-state index is 12.9. The molecule has 68 heavy (non-hydrogen) atoms. The third-order valence-corrected chi connectivity index (χ3v) is 14.3. The molecule has 0 saturated carbocycles. The molecule has 9 heteroatoms. The molecule has 0 fully saturated rings. The van der Waals surface area contributed by atoms with Crippen LogP contribution in [0.25, 0.3) is 0 Å². The summed E-state index contributed by atoms with van der Waals surface area (Å²) in [5, 5.41) is 13.7. The van der Waals surface area contributed by atoms with Gasteiger partial charge in [-0.05, 0) is 38.5 Å². The molecule has 0 aromatic rings. The van der Waals surface area contributed by atoms with Crippen molar-refractivity contribution in [3.05, 3.63) is 36.5 Å². The molecule has 3 unspecified atom stereocenters. The zero-order valence-corrected chi connectivity index (χ0v) is 46.7. The highest BCUT2D eigenvalue weighted by Crippen LogP contribution is 2.38. The number of amides is 1. The lowest BCUT2D eigenvalue weighted by molar-refractivity contribution is -0.870. The van der Waals surface area contributed by atoms with Crippen LogP contribution in [-0.2, 0) is 18.4 Å². The van der Waals surface area contributed by atoms with Crippen LogP contribution in [0.5, 0.6) is 0 Å². The Kier molecular flexibility index (Phi) is 49.7. The number of aliphatic hydroxyl groups excluding tert-OH is 1. The predicted molar refractivity (Wildman–Crippen MR) is 293 cm³/mol. The fourth-order valence-corrected chi connectivity index (χ4v) is 9.51. The van der Waals surface area contributed by atoms with Gasteiger partial charge < -0.3 is 28.8 Å². The van der Waals surface area contributed by atoms with Gasteiger partial charge in [-0.3, -0.25) is 9.36 Å². The molecule has 0 spiro atoms. The van der Waals surface area contributed by atoms with Crippen LogP contribution in [0.4, 0.5) is 0 Å². The van der Waals surface area contributed by atoms with Crippen LogP contribution in [0.3, 0.4) is 0 Å². The maximum absolute atomic E-state index is 12.9. The largest absolute Gasteiger partial charge is 0.756 e. The maximum Gasteiger partial charge on any atom is 0.268 e. The first-order chi connectivity index (χ1) is 33.0. The predicted octanol–water partition coefficient (Wildman–Crippen LogP) is 17.1. The van der Waals surface area contributed by atoms with Crippen molar-refractivity contribution in [3.8, 4) is 0 Å². The third-order valence-electron chi connectivity index (χ3n) is 13.3. The van der Waals surface area contributed by atoms with Gasteiger partial charge in [-0.2, -0.15) is 0 Å². The smallest absolute Gasteiger partial charge is 0.268 e. The van der Waals surface area contributed by atoms with Crippen LogP contribution < -0.4 is 10.2 Å². The molecule has 0 aromatic carbocycles. The van der Waals surface area contributed by atoms with Gasteiger partial charge in [0, 0.05) is 6.42 Å². The van der Waals surface area contributed by atoms with E-state index >= 15 is 0 Å². The van der Waals surface area contributed by atoms with E-state index in [0.717, 1.165) is 51.4 Å². The average Bonchev–Trinajstić information content (AvgIpc) is 3.30. The number of quaternary nitrogens is 1. The number of carbonyl (C=O) groups excluding carboxylic acids is 1. The summed E-state index contributed by atoms with van der Waals surface area (Å²) < 4.78 is 23.2. The van der Waals surface area contributed by atoms with Crippen LogP contribution in [0, 0.1) is 0 Å². The van der Waals surface area contributed by atoms with Gasteiger partial charge in [0.15, 0.2) is 0 Å². The molecule has 1 amide bonds. The van der Waals surface area contributed by atoms with Crippen molar-refractivity contribution in [1.29, 1.82) is 0 Å². The molecule has 2 N–H and O–H groups in total. The van der Waals surface area contributed by atoms with E-state index in [9.17, 15) is 19.4 Å². The first kappa shape index (κ1) is 66.7. The first-order valence-corrected chi connectivity index (χ1v) is 30.8. The number of phosphoric ester groups is 1. The molecule has 0 aliphatic carbocycles. The number of allylic oxidation sites excluding steroid dienone is 5. The van der Waals surface area contributed by atoms with Crippen molar-refractivity contribution in [1.82, 2.24) is 5.32 Å². The van der Waals surface area contributed by atoms with Gasteiger partial charge in [0.1, 0.15) is 13.2 Å². The van der Waals surface area contributed by atoms with E-state index in [1.807, 2.05) is 27.2 Å². The zero-order valence-electron chi connectivity index (χ0n) is 45.8. The van der Waals surface area contributed by atoms with Gasteiger partial charge >= 0.3 is 0 Å². The lowest BCUT2D eigenvalue weighted by Gasteiger charge is -2.29. The van der Waals surface area contributed by atoms with Gasteiger partial charge in [0.2, 0.25) is 5.91 Å². The minimum atomic E-state index is -4.60. The molecule has 0 saturated heterocycles. The van der Waals surface area contributed by atoms with Crippen LogP contribution in [0.15, 0.2) is 36.5 Å². The first-order valence-electron chi connectivity index (χ1n) is 29.4. The second-order valence-corrected chi connectivity index (χ2v) is 22.7. The molecule has 8 nitrogen and oxygen atoms in total. The topological polar surface area (TPSA) is 108 Å². The number of rotatable bonds is 54. The van der Waals surface area contributed by atoms with Crippen molar-refractivity contribution < 1.29 is 32.9 Å². The van der Waals surface area contributed by atoms with Crippen LogP contribution in [0.2, 0.25) is 0 Å². The molecule has 3 atom stereocenters. The number of nitrogens with zero attached hydrogens (tertiary/aromatic N) is 1. The average molecular weight is 980 g/mol. The van der Waals surface area contributed by atoms with E-state index in [2.05, 4.69) is 43.5 Å². The summed E-state index contributed by atoms with van der Waals surface area (Å²) in [7, 11) is 1.24. The van der Waals surface area contributed by atoms with Crippen LogP contribution >= 0.6 is 7.82 Å². The standard InChI is InChI=1S/C59H115N2O6P/c1-6-8-10-12-14-16-18-19-20-21-22-23-24-25-26-27-28-29-30-31-32-33-34-35-36-37-38-39-40-41-42-43-45-47-49-51-53-59(63)60-57(56-67-68(64,65)66-55-54-61(3,4)5)58(62)52-50-48-46-44-17-15-13-11-9-7-2/h9,11,17,44,50,52,57-58,62H,6-8,10,12-16,18-43,45-49,51,53-56H2,1-5H3,(H-,60,63,64,65)/b11-9+,44-17+,52-50+. The molecule has 0 bridgehead atoms. The number of aliphatic hydroxyl groups is 1. The van der Waals surface area contributed by atoms with Gasteiger partial charge in [-0.15, -0.1) is 0 Å². The minimum Gasteiger partial charge on any atom is -0.756 e. The summed E-state index contributed by atoms with van der Waals surface area (Å²) in [5.74, 6) is -0.209. The minimum absolute atomic E-state index is 0.00801. The molecule has 0 aromatic heterocycles. The molecule has 0 rings (SSSR count). The molecular weight excluding hydrogens is 864 g/mol. The molecule has 0 aliphatic heterocycles. The quantitative estimate of drug-likeness (QED) is 0.0272. The van der Waals surface area contributed by atoms with Crippen LogP contribution in [0.1, 0.15) is 284 Å². The molecule has 0 aliphatic rings. The van der Waals surface area contributed by atoms with Gasteiger partial charge in [0.05, 0.1) is 39.9 Å². The van der Waals surface area contributed by atoms with Crippen LogP contribution in [-0.4, -0.2) is 68.5 Å². The number of nitrogens with one attached hydrogen (secondary N) is 1. The Morgan fingerprint density at radius 1 is 0.515 bits per heavy atom. The highest BCUT2D eigenvalue weighted by molar-refractivity contribution is 7.45. The van der Waals surface area contributed by atoms with Crippen molar-refractivity contribution >= 4 is 13.7 Å². The number of hydrogen-bond acceptors (Lipinski definition) is 6. The highest BCUT2D eigenvalue weighted by atomic mass is 31.2. The normalized spacial score (nSPS) is 14.2. The van der Waals surface area contributed by atoms with Gasteiger partial charge in [-0.1, -0.05) is 275 Å². The third kappa shape index (κ3) is 52.5. The van der Waals surface area contributed by atoms with Gasteiger partial charge in [-0.25, -0.2) is 0 Å². The van der Waals surface area contributed by atoms with E-state index in [4.69, 9.17) is 9.05 Å². The lowest BCUT2D eigenvalue weighted by atomic mass is 10.0. The fraction of sp³-hybridized carbons (Fsp3) is 0.881. The lowest BCUT2D eigenvalue weighted by Crippen LogP contribution is -2.45. The fourth-order valence-electron chi connectivity index (χ4n) is 8.78. The number of hydrogen-bond donors (Lipinski definition) is 2. The van der Waals surface area contributed by atoms with E-state index < -0.39 is 26.6 Å². The number of carbonyl (C=O) groups is 1. The van der Waals surface area contributed by atoms with E-state index in [0.29, 0.717) is 17.4 Å². The SMILES string of the molecule is CC/C=C/CC/C=C/CC/C=C/C(O)C(COP(=O)([O-])OCC[N+](C)(C)C)NC(=O)CCCCCCCCCCCCCCCCCCCCCCCCCCCCCCCCCCCCCC. The summed E-state index contributed by atoms with van der Waals surface area (Å²) in [4.78, 5) is 25.4. The van der Waals surface area contributed by atoms with E-state index in [1.165, 1.54) is 212 Å². The van der Waals surface area contributed by atoms with Crippen molar-refractivity contribution in [2.75, 3.05) is 40.9 Å². The molecule has 0 heterocycles. The summed E-state index contributed by atoms with van der Waals surface area (Å²) >= 11 is 0. The number of phosphoric acid groups is 1. The van der Waals surface area contributed by atoms with E-state index in [1.54, 1.807) is 6.08 Å². The highest BCUT2D eigenvalue weighted by Gasteiger charge is 2.23. The molecular formula is C59H115N2O6P. The van der Waals surface area contributed by atoms with E-state index in [-0.39, 0.29) is 12.5 Å². The zero-order chi connectivity index (χ0) is 49.9. The summed E-state index contributed by atoms with van der Waals surface area (Å²) in [6.07, 6.45) is 65.7. The van der Waals surface area contributed by atoms with Crippen molar-refractivity contribution in [2.45, 2.75) is 296 Å². The Balaban J connectivity index is 3.84. The Labute approximate surface area is 423 Å². The number of likely N-dealkylation sites (N-methyl/N-ethyl adjacent to an activating group) is 1. The Bertz CT molecular complexity index is 1200. The van der Waals surface area contributed by atoms with Gasteiger partial charge in [0.25, 0.3) is 7.82 Å².